The molecule has 27 heavy (non-hydrogen) atoms. The SMILES string of the molecule is O=C(c1ccc2[nH]c(=O)c(=O)[nH]c2c1)N1CCC[C@H](CN2CCOCC2)C1. The second-order valence-corrected chi connectivity index (χ2v) is 7.34. The molecule has 4 rings (SSSR count). The molecule has 2 saturated heterocycles. The fraction of sp³-hybridized carbons (Fsp3) is 0.526. The van der Waals surface area contributed by atoms with Gasteiger partial charge in [-0.1, -0.05) is 0 Å². The van der Waals surface area contributed by atoms with E-state index in [9.17, 15) is 14.4 Å². The smallest absolute Gasteiger partial charge is 0.314 e. The molecule has 0 spiro atoms. The zero-order valence-corrected chi connectivity index (χ0v) is 15.2. The Kier molecular flexibility index (Phi) is 5.09. The summed E-state index contributed by atoms with van der Waals surface area (Å²) >= 11 is 0. The van der Waals surface area contributed by atoms with Gasteiger partial charge in [0.15, 0.2) is 0 Å². The molecule has 8 nitrogen and oxygen atoms in total. The van der Waals surface area contributed by atoms with Crippen LogP contribution in [0.5, 0.6) is 0 Å². The molecular weight excluding hydrogens is 348 g/mol. The average Bonchev–Trinajstić information content (AvgIpc) is 2.69. The number of benzene rings is 1. The molecule has 0 saturated carbocycles. The van der Waals surface area contributed by atoms with Crippen LogP contribution in [0.1, 0.15) is 23.2 Å². The summed E-state index contributed by atoms with van der Waals surface area (Å²) in [5.74, 6) is 0.438. The van der Waals surface area contributed by atoms with Crippen molar-refractivity contribution in [2.45, 2.75) is 12.8 Å². The van der Waals surface area contributed by atoms with Crippen LogP contribution in [0.15, 0.2) is 27.8 Å². The molecule has 1 aromatic heterocycles. The van der Waals surface area contributed by atoms with E-state index < -0.39 is 11.1 Å². The number of rotatable bonds is 3. The first-order valence-electron chi connectivity index (χ1n) is 9.46. The first-order chi connectivity index (χ1) is 13.1. The quantitative estimate of drug-likeness (QED) is 0.760. The fourth-order valence-corrected chi connectivity index (χ4v) is 3.98. The maximum Gasteiger partial charge on any atom is 0.314 e. The van der Waals surface area contributed by atoms with Gasteiger partial charge in [0.2, 0.25) is 0 Å². The number of aromatic nitrogens is 2. The molecule has 8 heteroatoms. The van der Waals surface area contributed by atoms with E-state index in [0.717, 1.165) is 58.8 Å². The van der Waals surface area contributed by atoms with Crippen molar-refractivity contribution in [2.75, 3.05) is 45.9 Å². The van der Waals surface area contributed by atoms with Gasteiger partial charge in [0.05, 0.1) is 24.2 Å². The molecule has 0 unspecified atom stereocenters. The Balaban J connectivity index is 1.48. The Morgan fingerprint density at radius 1 is 1.07 bits per heavy atom. The zero-order valence-electron chi connectivity index (χ0n) is 15.2. The van der Waals surface area contributed by atoms with E-state index in [4.69, 9.17) is 4.74 Å². The molecule has 0 radical (unpaired) electrons. The van der Waals surface area contributed by atoms with Gasteiger partial charge in [-0.15, -0.1) is 0 Å². The predicted octanol–water partition coefficient (Wildman–Crippen LogP) is 0.401. The van der Waals surface area contributed by atoms with Gasteiger partial charge in [0.25, 0.3) is 5.91 Å². The van der Waals surface area contributed by atoms with Gasteiger partial charge in [0.1, 0.15) is 0 Å². The lowest BCUT2D eigenvalue weighted by molar-refractivity contribution is 0.0224. The molecule has 2 aliphatic heterocycles. The number of likely N-dealkylation sites (tertiary alicyclic amines) is 1. The number of piperidine rings is 1. The van der Waals surface area contributed by atoms with Crippen molar-refractivity contribution in [3.05, 3.63) is 44.5 Å². The van der Waals surface area contributed by atoms with Crippen LogP contribution in [-0.4, -0.2) is 71.6 Å². The van der Waals surface area contributed by atoms with Crippen LogP contribution in [0.2, 0.25) is 0 Å². The number of hydrogen-bond acceptors (Lipinski definition) is 5. The standard InChI is InChI=1S/C19H24N4O4/c24-17-18(25)21-16-10-14(3-4-15(16)20-17)19(26)23-5-1-2-13(12-23)11-22-6-8-27-9-7-22/h3-4,10,13H,1-2,5-9,11-12H2,(H,20,24)(H,21,25)/t13-/m1/s1. The number of ether oxygens (including phenoxy) is 1. The first kappa shape index (κ1) is 17.9. The average molecular weight is 372 g/mol. The maximum absolute atomic E-state index is 13.0. The lowest BCUT2D eigenvalue weighted by Gasteiger charge is -2.36. The van der Waals surface area contributed by atoms with E-state index in [0.29, 0.717) is 22.5 Å². The Labute approximate surface area is 156 Å². The zero-order chi connectivity index (χ0) is 18.8. The number of carbonyl (C=O) groups excluding carboxylic acids is 1. The molecule has 2 aliphatic rings. The highest BCUT2D eigenvalue weighted by Crippen LogP contribution is 2.21. The summed E-state index contributed by atoms with van der Waals surface area (Å²) in [6.45, 7) is 5.98. The molecule has 0 aliphatic carbocycles. The van der Waals surface area contributed by atoms with E-state index in [-0.39, 0.29) is 5.91 Å². The molecule has 1 atom stereocenters. The summed E-state index contributed by atoms with van der Waals surface area (Å²) in [5.41, 5.74) is 0.101. The molecule has 2 aromatic rings. The van der Waals surface area contributed by atoms with Gasteiger partial charge in [-0.2, -0.15) is 0 Å². The van der Waals surface area contributed by atoms with Crippen molar-refractivity contribution in [2.24, 2.45) is 5.92 Å². The lowest BCUT2D eigenvalue weighted by atomic mass is 9.96. The summed E-state index contributed by atoms with van der Waals surface area (Å²) in [6.07, 6.45) is 2.13. The second kappa shape index (κ2) is 7.66. The van der Waals surface area contributed by atoms with Crippen LogP contribution in [0.3, 0.4) is 0 Å². The summed E-state index contributed by atoms with van der Waals surface area (Å²) in [4.78, 5) is 45.3. The number of morpholine rings is 1. The minimum absolute atomic E-state index is 0.0318. The van der Waals surface area contributed by atoms with Crippen LogP contribution >= 0.6 is 0 Å². The van der Waals surface area contributed by atoms with E-state index in [2.05, 4.69) is 14.9 Å². The van der Waals surface area contributed by atoms with Crippen molar-refractivity contribution in [3.8, 4) is 0 Å². The monoisotopic (exact) mass is 372 g/mol. The molecule has 1 amide bonds. The third kappa shape index (κ3) is 3.96. The van der Waals surface area contributed by atoms with Crippen LogP contribution in [0.4, 0.5) is 0 Å². The number of aromatic amines is 2. The summed E-state index contributed by atoms with van der Waals surface area (Å²) in [6, 6.07) is 5.00. The number of fused-ring (bicyclic) bond motifs is 1. The molecular formula is C19H24N4O4. The minimum Gasteiger partial charge on any atom is -0.379 e. The third-order valence-electron chi connectivity index (χ3n) is 5.40. The molecule has 1 aromatic carbocycles. The third-order valence-corrected chi connectivity index (χ3v) is 5.40. The van der Waals surface area contributed by atoms with E-state index >= 15 is 0 Å². The van der Waals surface area contributed by atoms with Crippen molar-refractivity contribution in [1.82, 2.24) is 19.8 Å². The minimum atomic E-state index is -0.712. The fourth-order valence-electron chi connectivity index (χ4n) is 3.98. The Hall–Kier alpha value is -2.45. The van der Waals surface area contributed by atoms with Gasteiger partial charge in [-0.3, -0.25) is 19.3 Å². The Morgan fingerprint density at radius 2 is 1.81 bits per heavy atom. The summed E-state index contributed by atoms with van der Waals surface area (Å²) in [7, 11) is 0. The molecule has 2 N–H and O–H groups in total. The van der Waals surface area contributed by atoms with E-state index in [1.54, 1.807) is 18.2 Å². The Morgan fingerprint density at radius 3 is 2.59 bits per heavy atom. The topological polar surface area (TPSA) is 98.5 Å². The van der Waals surface area contributed by atoms with Crippen molar-refractivity contribution in [3.63, 3.8) is 0 Å². The van der Waals surface area contributed by atoms with Crippen molar-refractivity contribution < 1.29 is 9.53 Å². The molecule has 144 valence electrons. The van der Waals surface area contributed by atoms with Gasteiger partial charge >= 0.3 is 11.1 Å². The number of amides is 1. The van der Waals surface area contributed by atoms with Crippen molar-refractivity contribution >= 4 is 16.9 Å². The van der Waals surface area contributed by atoms with Crippen molar-refractivity contribution in [1.29, 1.82) is 0 Å². The second-order valence-electron chi connectivity index (χ2n) is 7.34. The van der Waals surface area contributed by atoms with Crippen LogP contribution in [-0.2, 0) is 4.74 Å². The normalized spacial score (nSPS) is 21.5. The first-order valence-corrected chi connectivity index (χ1v) is 9.46. The molecule has 0 bridgehead atoms. The van der Waals surface area contributed by atoms with Crippen LogP contribution in [0.25, 0.3) is 11.0 Å². The van der Waals surface area contributed by atoms with E-state index in [1.165, 1.54) is 0 Å². The predicted molar refractivity (Wildman–Crippen MR) is 101 cm³/mol. The highest BCUT2D eigenvalue weighted by atomic mass is 16.5. The largest absolute Gasteiger partial charge is 0.379 e. The van der Waals surface area contributed by atoms with Gasteiger partial charge in [-0.25, -0.2) is 0 Å². The summed E-state index contributed by atoms with van der Waals surface area (Å²) < 4.78 is 5.40. The molecule has 2 fully saturated rings. The highest BCUT2D eigenvalue weighted by molar-refractivity contribution is 5.97. The van der Waals surface area contributed by atoms with Crippen LogP contribution in [0, 0.1) is 5.92 Å². The number of nitrogens with zero attached hydrogens (tertiary/aromatic N) is 2. The van der Waals surface area contributed by atoms with Crippen LogP contribution < -0.4 is 11.1 Å². The lowest BCUT2D eigenvalue weighted by Crippen LogP contribution is -2.46. The number of H-pyrrole nitrogens is 2. The highest BCUT2D eigenvalue weighted by Gasteiger charge is 2.26. The van der Waals surface area contributed by atoms with Gasteiger partial charge < -0.3 is 19.6 Å². The maximum atomic E-state index is 13.0. The summed E-state index contributed by atoms with van der Waals surface area (Å²) in [5, 5.41) is 0. The number of nitrogens with one attached hydrogen (secondary N) is 2. The number of hydrogen-bond donors (Lipinski definition) is 2. The van der Waals surface area contributed by atoms with Gasteiger partial charge in [0, 0.05) is 38.3 Å². The van der Waals surface area contributed by atoms with Gasteiger partial charge in [-0.05, 0) is 37.0 Å². The van der Waals surface area contributed by atoms with E-state index in [1.807, 2.05) is 4.90 Å². The Bertz CT molecular complexity index is 945. The number of carbonyl (C=O) groups is 1. The molecule has 3 heterocycles.